The molecule has 184 valence electrons. The number of fused-ring (bicyclic) bond motifs is 6. The number of furan rings is 1. The van der Waals surface area contributed by atoms with E-state index in [4.69, 9.17) is 4.42 Å². The van der Waals surface area contributed by atoms with Gasteiger partial charge in [0.05, 0.1) is 5.52 Å². The highest BCUT2D eigenvalue weighted by molar-refractivity contribution is 6.19. The SMILES string of the molecule is c1ccc(N(c2ccccc2)c2cc(-c3cccc4oc5ccccc5c34)c3[nH]c4ccccc4c3c2)cc1. The van der Waals surface area contributed by atoms with Crippen LogP contribution in [-0.2, 0) is 0 Å². The molecule has 3 nitrogen and oxygen atoms in total. The monoisotopic (exact) mass is 500 g/mol. The van der Waals surface area contributed by atoms with E-state index in [0.717, 1.165) is 61.2 Å². The first kappa shape index (κ1) is 21.8. The maximum absolute atomic E-state index is 6.28. The maximum Gasteiger partial charge on any atom is 0.136 e. The third-order valence-corrected chi connectivity index (χ3v) is 7.58. The second-order valence-corrected chi connectivity index (χ2v) is 9.87. The molecule has 0 atom stereocenters. The number of H-pyrrole nitrogens is 1. The van der Waals surface area contributed by atoms with Crippen LogP contribution in [0, 0.1) is 0 Å². The lowest BCUT2D eigenvalue weighted by Crippen LogP contribution is -2.09. The highest BCUT2D eigenvalue weighted by Gasteiger charge is 2.20. The quantitative estimate of drug-likeness (QED) is 0.261. The van der Waals surface area contributed by atoms with Crippen LogP contribution in [0.3, 0.4) is 0 Å². The smallest absolute Gasteiger partial charge is 0.136 e. The summed E-state index contributed by atoms with van der Waals surface area (Å²) in [5, 5.41) is 4.66. The number of aromatic amines is 1. The van der Waals surface area contributed by atoms with Crippen molar-refractivity contribution in [2.45, 2.75) is 0 Å². The van der Waals surface area contributed by atoms with Gasteiger partial charge in [-0.2, -0.15) is 0 Å². The molecule has 0 spiro atoms. The van der Waals surface area contributed by atoms with Crippen LogP contribution >= 0.6 is 0 Å². The molecular formula is C36H24N2O. The molecule has 0 aliphatic rings. The minimum atomic E-state index is 0.895. The van der Waals surface area contributed by atoms with Gasteiger partial charge in [-0.05, 0) is 60.2 Å². The second kappa shape index (κ2) is 8.64. The molecule has 3 heteroatoms. The molecule has 8 aromatic rings. The molecular weight excluding hydrogens is 476 g/mol. The number of nitrogens with one attached hydrogen (secondary N) is 1. The van der Waals surface area contributed by atoms with Crippen LogP contribution in [0.15, 0.2) is 144 Å². The molecule has 0 aliphatic carbocycles. The average molecular weight is 501 g/mol. The Morgan fingerprint density at radius 3 is 1.87 bits per heavy atom. The molecule has 2 aromatic heterocycles. The van der Waals surface area contributed by atoms with Gasteiger partial charge in [0, 0.05) is 49.7 Å². The van der Waals surface area contributed by atoms with Crippen LogP contribution in [-0.4, -0.2) is 4.98 Å². The zero-order valence-corrected chi connectivity index (χ0v) is 21.1. The van der Waals surface area contributed by atoms with E-state index in [0.29, 0.717) is 0 Å². The second-order valence-electron chi connectivity index (χ2n) is 9.87. The lowest BCUT2D eigenvalue weighted by Gasteiger charge is -2.26. The van der Waals surface area contributed by atoms with Gasteiger partial charge >= 0.3 is 0 Å². The predicted molar refractivity (Wildman–Crippen MR) is 163 cm³/mol. The van der Waals surface area contributed by atoms with E-state index in [1.165, 1.54) is 10.8 Å². The van der Waals surface area contributed by atoms with Gasteiger partial charge < -0.3 is 14.3 Å². The number of anilines is 3. The van der Waals surface area contributed by atoms with Crippen molar-refractivity contribution in [1.29, 1.82) is 0 Å². The van der Waals surface area contributed by atoms with E-state index in [1.807, 2.05) is 12.1 Å². The summed E-state index contributed by atoms with van der Waals surface area (Å²) in [7, 11) is 0. The van der Waals surface area contributed by atoms with E-state index in [9.17, 15) is 0 Å². The van der Waals surface area contributed by atoms with Crippen LogP contribution in [0.5, 0.6) is 0 Å². The van der Waals surface area contributed by atoms with Crippen molar-refractivity contribution in [1.82, 2.24) is 4.98 Å². The summed E-state index contributed by atoms with van der Waals surface area (Å²) < 4.78 is 6.28. The number of hydrogen-bond donors (Lipinski definition) is 1. The van der Waals surface area contributed by atoms with Gasteiger partial charge in [0.1, 0.15) is 11.2 Å². The summed E-state index contributed by atoms with van der Waals surface area (Å²) in [6.45, 7) is 0. The molecule has 0 aliphatic heterocycles. The first-order valence-electron chi connectivity index (χ1n) is 13.2. The van der Waals surface area contributed by atoms with Crippen molar-refractivity contribution < 1.29 is 4.42 Å². The molecule has 0 radical (unpaired) electrons. The molecule has 0 fully saturated rings. The third-order valence-electron chi connectivity index (χ3n) is 7.58. The van der Waals surface area contributed by atoms with Crippen molar-refractivity contribution in [3.63, 3.8) is 0 Å². The fourth-order valence-electron chi connectivity index (χ4n) is 5.88. The van der Waals surface area contributed by atoms with Crippen LogP contribution in [0.25, 0.3) is 54.9 Å². The number of nitrogens with zero attached hydrogens (tertiary/aromatic N) is 1. The first-order chi connectivity index (χ1) is 19.3. The summed E-state index contributed by atoms with van der Waals surface area (Å²) in [5.41, 5.74) is 9.67. The van der Waals surface area contributed by atoms with Gasteiger partial charge in [0.15, 0.2) is 0 Å². The van der Waals surface area contributed by atoms with Crippen molar-refractivity contribution >= 4 is 60.8 Å². The minimum absolute atomic E-state index is 0.895. The zero-order valence-electron chi connectivity index (χ0n) is 21.1. The molecule has 2 heterocycles. The highest BCUT2D eigenvalue weighted by Crippen LogP contribution is 2.44. The van der Waals surface area contributed by atoms with Gasteiger partial charge in [0.2, 0.25) is 0 Å². The molecule has 6 aromatic carbocycles. The Balaban J connectivity index is 1.50. The summed E-state index contributed by atoms with van der Waals surface area (Å²) in [4.78, 5) is 6.08. The third kappa shape index (κ3) is 3.44. The van der Waals surface area contributed by atoms with Gasteiger partial charge in [-0.3, -0.25) is 0 Å². The molecule has 8 rings (SSSR count). The zero-order chi connectivity index (χ0) is 25.8. The van der Waals surface area contributed by atoms with Gasteiger partial charge in [-0.25, -0.2) is 0 Å². The molecule has 0 unspecified atom stereocenters. The minimum Gasteiger partial charge on any atom is -0.456 e. The van der Waals surface area contributed by atoms with Gasteiger partial charge in [-0.1, -0.05) is 84.9 Å². The van der Waals surface area contributed by atoms with Crippen LogP contribution in [0.4, 0.5) is 17.1 Å². The van der Waals surface area contributed by atoms with Crippen molar-refractivity contribution in [3.8, 4) is 11.1 Å². The summed E-state index contributed by atoms with van der Waals surface area (Å²) >= 11 is 0. The molecule has 1 N–H and O–H groups in total. The van der Waals surface area contributed by atoms with Crippen LogP contribution in [0.1, 0.15) is 0 Å². The lowest BCUT2D eigenvalue weighted by atomic mass is 9.96. The maximum atomic E-state index is 6.28. The Labute approximate surface area is 225 Å². The Morgan fingerprint density at radius 2 is 1.10 bits per heavy atom. The fraction of sp³-hybridized carbons (Fsp3) is 0. The number of hydrogen-bond acceptors (Lipinski definition) is 2. The van der Waals surface area contributed by atoms with Crippen molar-refractivity contribution in [2.75, 3.05) is 4.90 Å². The first-order valence-corrected chi connectivity index (χ1v) is 13.2. The Morgan fingerprint density at radius 1 is 0.462 bits per heavy atom. The van der Waals surface area contributed by atoms with Gasteiger partial charge in [0.25, 0.3) is 0 Å². The standard InChI is InChI=1S/C36H24N2O/c1-3-12-24(13-4-1)38(25-14-5-2-6-15-25)26-22-30-27-16-7-9-19-32(27)37-36(30)31(23-26)28-18-11-21-34-35(28)29-17-8-10-20-33(29)39-34/h1-23,37H. The number of rotatable bonds is 4. The summed E-state index contributed by atoms with van der Waals surface area (Å²) in [5.74, 6) is 0. The summed E-state index contributed by atoms with van der Waals surface area (Å²) in [6, 6.07) is 49.0. The van der Waals surface area contributed by atoms with E-state index >= 15 is 0 Å². The molecule has 0 bridgehead atoms. The number of benzene rings is 6. The largest absolute Gasteiger partial charge is 0.456 e. The Kier molecular flexibility index (Phi) is 4.82. The van der Waals surface area contributed by atoms with Crippen molar-refractivity contribution in [2.24, 2.45) is 0 Å². The summed E-state index contributed by atoms with van der Waals surface area (Å²) in [6.07, 6.45) is 0. The topological polar surface area (TPSA) is 32.2 Å². The van der Waals surface area contributed by atoms with Crippen LogP contribution < -0.4 is 4.90 Å². The lowest BCUT2D eigenvalue weighted by molar-refractivity contribution is 0.669. The Bertz CT molecular complexity index is 2080. The molecule has 0 saturated heterocycles. The number of aromatic nitrogens is 1. The van der Waals surface area contributed by atoms with Gasteiger partial charge in [-0.15, -0.1) is 0 Å². The normalized spacial score (nSPS) is 11.6. The van der Waals surface area contributed by atoms with Crippen molar-refractivity contribution in [3.05, 3.63) is 140 Å². The van der Waals surface area contributed by atoms with Crippen LogP contribution in [0.2, 0.25) is 0 Å². The Hall–Kier alpha value is -5.28. The average Bonchev–Trinajstić information content (AvgIpc) is 3.57. The highest BCUT2D eigenvalue weighted by atomic mass is 16.3. The van der Waals surface area contributed by atoms with E-state index < -0.39 is 0 Å². The fourth-order valence-corrected chi connectivity index (χ4v) is 5.88. The molecule has 0 amide bonds. The van der Waals surface area contributed by atoms with E-state index in [1.54, 1.807) is 0 Å². The molecule has 39 heavy (non-hydrogen) atoms. The number of para-hydroxylation sites is 4. The van der Waals surface area contributed by atoms with E-state index in [2.05, 4.69) is 137 Å². The molecule has 0 saturated carbocycles. The predicted octanol–water partition coefficient (Wildman–Crippen LogP) is 10.4. The van der Waals surface area contributed by atoms with E-state index in [-0.39, 0.29) is 0 Å².